The summed E-state index contributed by atoms with van der Waals surface area (Å²) >= 11 is 0. The highest BCUT2D eigenvalue weighted by Gasteiger charge is 2.47. The molecule has 2 rings (SSSR count). The van der Waals surface area contributed by atoms with Crippen molar-refractivity contribution in [2.75, 3.05) is 0 Å². The molecule has 0 aromatic carbocycles. The van der Waals surface area contributed by atoms with Crippen LogP contribution in [0.5, 0.6) is 0 Å². The normalized spacial score (nSPS) is 21.1. The minimum absolute atomic E-state index is 0.0987. The van der Waals surface area contributed by atoms with Crippen molar-refractivity contribution in [1.82, 2.24) is 15.2 Å². The summed E-state index contributed by atoms with van der Waals surface area (Å²) in [6.45, 7) is 7.11. The fraction of sp³-hybridized carbons (Fsp3) is 0.529. The van der Waals surface area contributed by atoms with Gasteiger partial charge in [-0.05, 0) is 39.3 Å². The van der Waals surface area contributed by atoms with Crippen molar-refractivity contribution in [2.24, 2.45) is 5.92 Å². The Morgan fingerprint density at radius 3 is 2.54 bits per heavy atom. The number of hydrogen-bond donors (Lipinski definition) is 1. The Labute approximate surface area is 141 Å². The maximum atomic E-state index is 12.6. The third-order valence-corrected chi connectivity index (χ3v) is 3.68. The molecular weight excluding hydrogens is 310 g/mol. The van der Waals surface area contributed by atoms with E-state index in [0.29, 0.717) is 12.1 Å². The second-order valence-electron chi connectivity index (χ2n) is 6.72. The molecule has 2 atom stereocenters. The Balaban J connectivity index is 2.13. The molecule has 0 bridgehead atoms. The molecule has 2 heterocycles. The first kappa shape index (κ1) is 17.9. The van der Waals surface area contributed by atoms with E-state index in [-0.39, 0.29) is 12.5 Å². The molecule has 0 saturated carbocycles. The van der Waals surface area contributed by atoms with Crippen LogP contribution in [0, 0.1) is 5.92 Å². The summed E-state index contributed by atoms with van der Waals surface area (Å²) in [4.78, 5) is 42.4. The molecule has 7 nitrogen and oxygen atoms in total. The van der Waals surface area contributed by atoms with Gasteiger partial charge >= 0.3 is 6.09 Å². The second kappa shape index (κ2) is 6.98. The lowest BCUT2D eigenvalue weighted by molar-refractivity contribution is -0.140. The fourth-order valence-electron chi connectivity index (χ4n) is 2.61. The topological polar surface area (TPSA) is 88.6 Å². The predicted octanol–water partition coefficient (Wildman–Crippen LogP) is 1.87. The van der Waals surface area contributed by atoms with E-state index in [2.05, 4.69) is 10.3 Å². The third-order valence-electron chi connectivity index (χ3n) is 3.68. The van der Waals surface area contributed by atoms with Crippen LogP contribution in [0.4, 0.5) is 4.79 Å². The Morgan fingerprint density at radius 1 is 1.29 bits per heavy atom. The molecule has 3 amide bonds. The quantitative estimate of drug-likeness (QED) is 0.850. The van der Waals surface area contributed by atoms with E-state index in [1.807, 2.05) is 6.92 Å². The van der Waals surface area contributed by atoms with Gasteiger partial charge in [0.15, 0.2) is 0 Å². The van der Waals surface area contributed by atoms with Crippen LogP contribution in [0.25, 0.3) is 0 Å². The summed E-state index contributed by atoms with van der Waals surface area (Å²) in [5.74, 6) is -1.31. The van der Waals surface area contributed by atoms with Gasteiger partial charge in [-0.1, -0.05) is 13.0 Å². The molecule has 1 saturated heterocycles. The zero-order valence-electron chi connectivity index (χ0n) is 14.4. The van der Waals surface area contributed by atoms with Crippen LogP contribution < -0.4 is 5.32 Å². The Morgan fingerprint density at radius 2 is 2.00 bits per heavy atom. The summed E-state index contributed by atoms with van der Waals surface area (Å²) in [5.41, 5.74) is -0.0579. The van der Waals surface area contributed by atoms with Crippen LogP contribution in [0.3, 0.4) is 0 Å². The number of likely N-dealkylation sites (tertiary alicyclic amines) is 1. The van der Waals surface area contributed by atoms with Crippen molar-refractivity contribution in [3.05, 3.63) is 30.1 Å². The van der Waals surface area contributed by atoms with Gasteiger partial charge in [-0.3, -0.25) is 19.5 Å². The zero-order valence-corrected chi connectivity index (χ0v) is 14.4. The average molecular weight is 333 g/mol. The first-order valence-electron chi connectivity index (χ1n) is 7.97. The number of nitrogens with zero attached hydrogens (tertiary/aromatic N) is 2. The highest BCUT2D eigenvalue weighted by Crippen LogP contribution is 2.25. The Kier molecular flexibility index (Phi) is 5.21. The van der Waals surface area contributed by atoms with E-state index in [0.717, 1.165) is 4.90 Å². The van der Waals surface area contributed by atoms with Crippen molar-refractivity contribution in [3.63, 3.8) is 0 Å². The maximum absolute atomic E-state index is 12.6. The van der Waals surface area contributed by atoms with Crippen molar-refractivity contribution >= 4 is 17.9 Å². The number of aromatic nitrogens is 1. The number of rotatable bonds is 4. The van der Waals surface area contributed by atoms with Crippen LogP contribution in [0.2, 0.25) is 0 Å². The molecule has 1 aliphatic rings. The van der Waals surface area contributed by atoms with Crippen LogP contribution in [-0.2, 0) is 20.9 Å². The lowest BCUT2D eigenvalue weighted by Crippen LogP contribution is -2.46. The first-order valence-corrected chi connectivity index (χ1v) is 7.97. The molecule has 130 valence electrons. The molecule has 1 fully saturated rings. The van der Waals surface area contributed by atoms with Crippen LogP contribution in [0.1, 0.15) is 39.8 Å². The van der Waals surface area contributed by atoms with Crippen molar-refractivity contribution in [2.45, 2.75) is 52.3 Å². The predicted molar refractivity (Wildman–Crippen MR) is 86.7 cm³/mol. The molecule has 0 spiro atoms. The summed E-state index contributed by atoms with van der Waals surface area (Å²) in [5, 5.41) is 2.54. The summed E-state index contributed by atoms with van der Waals surface area (Å²) < 4.78 is 5.19. The van der Waals surface area contributed by atoms with E-state index in [1.165, 1.54) is 0 Å². The molecule has 24 heavy (non-hydrogen) atoms. The van der Waals surface area contributed by atoms with Crippen LogP contribution >= 0.6 is 0 Å². The third kappa shape index (κ3) is 4.10. The SMILES string of the molecule is CC[C@@H]1C(=O)N(Cc2ccccn2)C(=O)[C@H]1NC(=O)OC(C)(C)C. The highest BCUT2D eigenvalue weighted by atomic mass is 16.6. The van der Waals surface area contributed by atoms with E-state index in [9.17, 15) is 14.4 Å². The van der Waals surface area contributed by atoms with Gasteiger partial charge in [0.25, 0.3) is 5.91 Å². The number of carbonyl (C=O) groups excluding carboxylic acids is 3. The van der Waals surface area contributed by atoms with Crippen molar-refractivity contribution in [3.8, 4) is 0 Å². The standard InChI is InChI=1S/C17H23N3O4/c1-5-12-13(19-16(23)24-17(2,3)4)15(22)20(14(12)21)10-11-8-6-7-9-18-11/h6-9,12-13H,5,10H2,1-4H3,(H,19,23)/t12-,13-/m0/s1. The summed E-state index contributed by atoms with van der Waals surface area (Å²) in [6.07, 6.45) is 1.35. The van der Waals surface area contributed by atoms with Gasteiger partial charge < -0.3 is 10.1 Å². The van der Waals surface area contributed by atoms with Gasteiger partial charge in [-0.2, -0.15) is 0 Å². The van der Waals surface area contributed by atoms with Gasteiger partial charge in [0, 0.05) is 6.20 Å². The first-order chi connectivity index (χ1) is 11.2. The van der Waals surface area contributed by atoms with Crippen molar-refractivity contribution < 1.29 is 19.1 Å². The van der Waals surface area contributed by atoms with E-state index < -0.39 is 29.6 Å². The summed E-state index contributed by atoms with van der Waals surface area (Å²) in [7, 11) is 0. The van der Waals surface area contributed by atoms with E-state index >= 15 is 0 Å². The number of nitrogens with one attached hydrogen (secondary N) is 1. The van der Waals surface area contributed by atoms with Gasteiger partial charge in [0.05, 0.1) is 18.2 Å². The summed E-state index contributed by atoms with van der Waals surface area (Å²) in [6, 6.07) is 4.40. The number of carbonyl (C=O) groups is 3. The number of imide groups is 1. The highest BCUT2D eigenvalue weighted by molar-refractivity contribution is 6.08. The van der Waals surface area contributed by atoms with Crippen LogP contribution in [0.15, 0.2) is 24.4 Å². The molecule has 1 aromatic heterocycles. The van der Waals surface area contributed by atoms with Gasteiger partial charge in [-0.15, -0.1) is 0 Å². The molecule has 1 aliphatic heterocycles. The van der Waals surface area contributed by atoms with Gasteiger partial charge in [0.2, 0.25) is 5.91 Å². The van der Waals surface area contributed by atoms with E-state index in [1.54, 1.807) is 45.2 Å². The van der Waals surface area contributed by atoms with Crippen LogP contribution in [-0.4, -0.2) is 39.4 Å². The molecular formula is C17H23N3O4. The number of amides is 3. The monoisotopic (exact) mass is 333 g/mol. The minimum atomic E-state index is -0.902. The number of ether oxygens (including phenoxy) is 1. The molecule has 1 N–H and O–H groups in total. The zero-order chi connectivity index (χ0) is 17.9. The molecule has 1 aromatic rings. The molecule has 7 heteroatoms. The molecule has 0 radical (unpaired) electrons. The Bertz CT molecular complexity index is 624. The minimum Gasteiger partial charge on any atom is -0.444 e. The average Bonchev–Trinajstić information content (AvgIpc) is 2.70. The van der Waals surface area contributed by atoms with Gasteiger partial charge in [0.1, 0.15) is 11.6 Å². The largest absolute Gasteiger partial charge is 0.444 e. The number of pyridine rings is 1. The second-order valence-corrected chi connectivity index (χ2v) is 6.72. The molecule has 0 aliphatic carbocycles. The lowest BCUT2D eigenvalue weighted by atomic mass is 10.00. The fourth-order valence-corrected chi connectivity index (χ4v) is 2.61. The number of alkyl carbamates (subject to hydrolysis) is 1. The molecule has 0 unspecified atom stereocenters. The lowest BCUT2D eigenvalue weighted by Gasteiger charge is -2.22. The van der Waals surface area contributed by atoms with E-state index in [4.69, 9.17) is 4.74 Å². The van der Waals surface area contributed by atoms with Crippen molar-refractivity contribution in [1.29, 1.82) is 0 Å². The maximum Gasteiger partial charge on any atom is 0.408 e. The number of hydrogen-bond acceptors (Lipinski definition) is 5. The smallest absolute Gasteiger partial charge is 0.408 e. The Hall–Kier alpha value is -2.44. The van der Waals surface area contributed by atoms with Gasteiger partial charge in [-0.25, -0.2) is 4.79 Å².